The summed E-state index contributed by atoms with van der Waals surface area (Å²) in [6, 6.07) is 16.0. The van der Waals surface area contributed by atoms with Gasteiger partial charge in [0.25, 0.3) is 0 Å². The molecule has 0 radical (unpaired) electrons. The molecule has 0 heterocycles. The standard InChI is InChI=1S/C21H30N4O3S/c1-17(24(4)14-15-25(5)19-11-7-6-8-12-19)21(26)22-18-10-9-13-20(16-18)29(27,28)23(2)3/h6-13,16-17H,14-15H2,1-5H3,(H,22,26). The van der Waals surface area contributed by atoms with E-state index in [4.69, 9.17) is 0 Å². The van der Waals surface area contributed by atoms with E-state index in [0.29, 0.717) is 12.2 Å². The molecule has 0 aliphatic heterocycles. The van der Waals surface area contributed by atoms with Crippen molar-refractivity contribution in [3.63, 3.8) is 0 Å². The molecule has 2 rings (SSSR count). The summed E-state index contributed by atoms with van der Waals surface area (Å²) in [5.41, 5.74) is 1.58. The van der Waals surface area contributed by atoms with Crippen molar-refractivity contribution in [1.29, 1.82) is 0 Å². The number of hydrogen-bond acceptors (Lipinski definition) is 5. The summed E-state index contributed by atoms with van der Waals surface area (Å²) in [5.74, 6) is -0.186. The summed E-state index contributed by atoms with van der Waals surface area (Å²) in [6.45, 7) is 3.31. The van der Waals surface area contributed by atoms with Gasteiger partial charge in [0, 0.05) is 45.6 Å². The Kier molecular flexibility index (Phi) is 7.78. The van der Waals surface area contributed by atoms with Crippen LogP contribution in [0.3, 0.4) is 0 Å². The number of anilines is 2. The van der Waals surface area contributed by atoms with Gasteiger partial charge in [-0.05, 0) is 44.3 Å². The van der Waals surface area contributed by atoms with Crippen LogP contribution in [0.5, 0.6) is 0 Å². The Morgan fingerprint density at radius 1 is 0.966 bits per heavy atom. The minimum Gasteiger partial charge on any atom is -0.373 e. The Morgan fingerprint density at radius 2 is 1.62 bits per heavy atom. The predicted molar refractivity (Wildman–Crippen MR) is 118 cm³/mol. The number of carbonyl (C=O) groups excluding carboxylic acids is 1. The van der Waals surface area contributed by atoms with Gasteiger partial charge in [-0.1, -0.05) is 24.3 Å². The van der Waals surface area contributed by atoms with Gasteiger partial charge < -0.3 is 10.2 Å². The molecule has 8 heteroatoms. The smallest absolute Gasteiger partial charge is 0.242 e. The van der Waals surface area contributed by atoms with Crippen molar-refractivity contribution >= 4 is 27.3 Å². The van der Waals surface area contributed by atoms with Crippen LogP contribution in [0.1, 0.15) is 6.92 Å². The third-order valence-electron chi connectivity index (χ3n) is 4.91. The second-order valence-electron chi connectivity index (χ2n) is 7.22. The van der Waals surface area contributed by atoms with Gasteiger partial charge in [0.05, 0.1) is 10.9 Å². The Hall–Kier alpha value is -2.42. The first-order valence-corrected chi connectivity index (χ1v) is 10.9. The SMILES string of the molecule is CC(C(=O)Nc1cccc(S(=O)(=O)N(C)C)c1)N(C)CCN(C)c1ccccc1. The molecule has 158 valence electrons. The van der Waals surface area contributed by atoms with Gasteiger partial charge in [-0.2, -0.15) is 0 Å². The zero-order valence-corrected chi connectivity index (χ0v) is 18.5. The number of para-hydroxylation sites is 1. The number of nitrogens with zero attached hydrogens (tertiary/aromatic N) is 3. The first-order chi connectivity index (χ1) is 13.6. The van der Waals surface area contributed by atoms with Gasteiger partial charge in [-0.25, -0.2) is 12.7 Å². The van der Waals surface area contributed by atoms with Crippen LogP contribution in [0.25, 0.3) is 0 Å². The minimum absolute atomic E-state index is 0.144. The Labute approximate surface area is 174 Å². The molecule has 0 spiro atoms. The molecule has 0 bridgehead atoms. The van der Waals surface area contributed by atoms with Crippen LogP contribution in [0.15, 0.2) is 59.5 Å². The lowest BCUT2D eigenvalue weighted by molar-refractivity contribution is -0.120. The molecule has 1 amide bonds. The molecule has 0 aliphatic rings. The Morgan fingerprint density at radius 3 is 2.24 bits per heavy atom. The number of carbonyl (C=O) groups is 1. The van der Waals surface area contributed by atoms with Crippen molar-refractivity contribution < 1.29 is 13.2 Å². The maximum Gasteiger partial charge on any atom is 0.242 e. The van der Waals surface area contributed by atoms with Crippen molar-refractivity contribution in [2.45, 2.75) is 17.9 Å². The fourth-order valence-electron chi connectivity index (χ4n) is 2.70. The van der Waals surface area contributed by atoms with Gasteiger partial charge in [-0.15, -0.1) is 0 Å². The molecule has 0 fully saturated rings. The highest BCUT2D eigenvalue weighted by Gasteiger charge is 2.20. The maximum atomic E-state index is 12.6. The third-order valence-corrected chi connectivity index (χ3v) is 6.72. The second kappa shape index (κ2) is 9.87. The highest BCUT2D eigenvalue weighted by atomic mass is 32.2. The fraction of sp³-hybridized carbons (Fsp3) is 0.381. The van der Waals surface area contributed by atoms with Crippen LogP contribution in [-0.4, -0.2) is 70.9 Å². The van der Waals surface area contributed by atoms with Gasteiger partial charge >= 0.3 is 0 Å². The largest absolute Gasteiger partial charge is 0.373 e. The Balaban J connectivity index is 1.96. The summed E-state index contributed by atoms with van der Waals surface area (Å²) in [7, 11) is 3.32. The first kappa shape index (κ1) is 22.9. The van der Waals surface area contributed by atoms with Gasteiger partial charge in [0.2, 0.25) is 15.9 Å². The number of likely N-dealkylation sites (N-methyl/N-ethyl adjacent to an activating group) is 2. The Bertz CT molecular complexity index is 917. The molecule has 0 aromatic heterocycles. The van der Waals surface area contributed by atoms with E-state index in [-0.39, 0.29) is 16.8 Å². The summed E-state index contributed by atoms with van der Waals surface area (Å²) in [5, 5.41) is 2.82. The minimum atomic E-state index is -3.55. The number of nitrogens with one attached hydrogen (secondary N) is 1. The topological polar surface area (TPSA) is 73.0 Å². The molecule has 29 heavy (non-hydrogen) atoms. The van der Waals surface area contributed by atoms with Gasteiger partial charge in [0.15, 0.2) is 0 Å². The normalized spacial score (nSPS) is 12.8. The monoisotopic (exact) mass is 418 g/mol. The molecule has 7 nitrogen and oxygen atoms in total. The molecule has 0 saturated heterocycles. The molecule has 0 aliphatic carbocycles. The summed E-state index contributed by atoms with van der Waals surface area (Å²) >= 11 is 0. The summed E-state index contributed by atoms with van der Waals surface area (Å²) in [6.07, 6.45) is 0. The van der Waals surface area contributed by atoms with E-state index in [0.717, 1.165) is 16.5 Å². The summed E-state index contributed by atoms with van der Waals surface area (Å²) in [4.78, 5) is 16.9. The lowest BCUT2D eigenvalue weighted by Gasteiger charge is -2.27. The van der Waals surface area contributed by atoms with Crippen LogP contribution < -0.4 is 10.2 Å². The van der Waals surface area contributed by atoms with Crippen molar-refractivity contribution in [3.8, 4) is 0 Å². The van der Waals surface area contributed by atoms with Crippen molar-refractivity contribution in [2.24, 2.45) is 0 Å². The van der Waals surface area contributed by atoms with Crippen LogP contribution in [-0.2, 0) is 14.8 Å². The molecular weight excluding hydrogens is 388 g/mol. The lowest BCUT2D eigenvalue weighted by Crippen LogP contribution is -2.42. The molecule has 1 N–H and O–H groups in total. The molecule has 1 atom stereocenters. The molecule has 2 aromatic carbocycles. The average Bonchev–Trinajstić information content (AvgIpc) is 2.71. The van der Waals surface area contributed by atoms with E-state index in [1.54, 1.807) is 12.1 Å². The van der Waals surface area contributed by atoms with Crippen molar-refractivity contribution in [1.82, 2.24) is 9.21 Å². The number of rotatable bonds is 9. The first-order valence-electron chi connectivity index (χ1n) is 9.43. The molecular formula is C21H30N4O3S. The van der Waals surface area contributed by atoms with Crippen LogP contribution >= 0.6 is 0 Å². The fourth-order valence-corrected chi connectivity index (χ4v) is 3.65. The zero-order valence-electron chi connectivity index (χ0n) is 17.7. The molecule has 0 saturated carbocycles. The number of hydrogen-bond donors (Lipinski definition) is 1. The lowest BCUT2D eigenvalue weighted by atomic mass is 10.2. The number of benzene rings is 2. The maximum absolute atomic E-state index is 12.6. The van der Waals surface area contributed by atoms with E-state index in [9.17, 15) is 13.2 Å². The van der Waals surface area contributed by atoms with Gasteiger partial charge in [-0.3, -0.25) is 9.69 Å². The van der Waals surface area contributed by atoms with E-state index in [2.05, 4.69) is 10.2 Å². The number of sulfonamides is 1. The van der Waals surface area contributed by atoms with E-state index in [1.807, 2.05) is 56.3 Å². The highest BCUT2D eigenvalue weighted by Crippen LogP contribution is 2.18. The summed E-state index contributed by atoms with van der Waals surface area (Å²) < 4.78 is 25.7. The quantitative estimate of drug-likeness (QED) is 0.677. The van der Waals surface area contributed by atoms with Crippen LogP contribution in [0.2, 0.25) is 0 Å². The second-order valence-corrected chi connectivity index (χ2v) is 9.37. The molecule has 1 unspecified atom stereocenters. The highest BCUT2D eigenvalue weighted by molar-refractivity contribution is 7.89. The molecule has 2 aromatic rings. The predicted octanol–water partition coefficient (Wildman–Crippen LogP) is 2.33. The average molecular weight is 419 g/mol. The van der Waals surface area contributed by atoms with Crippen molar-refractivity contribution in [3.05, 3.63) is 54.6 Å². The number of amides is 1. The zero-order chi connectivity index (χ0) is 21.6. The van der Waals surface area contributed by atoms with E-state index >= 15 is 0 Å². The van der Waals surface area contributed by atoms with E-state index in [1.165, 1.54) is 26.2 Å². The van der Waals surface area contributed by atoms with Crippen LogP contribution in [0.4, 0.5) is 11.4 Å². The van der Waals surface area contributed by atoms with Gasteiger partial charge in [0.1, 0.15) is 0 Å². The van der Waals surface area contributed by atoms with Crippen LogP contribution in [0, 0.1) is 0 Å². The van der Waals surface area contributed by atoms with Crippen molar-refractivity contribution in [2.75, 3.05) is 51.5 Å². The van der Waals surface area contributed by atoms with E-state index < -0.39 is 10.0 Å². The third kappa shape index (κ3) is 6.03.